The van der Waals surface area contributed by atoms with E-state index in [2.05, 4.69) is 10.3 Å². The molecule has 0 aromatic rings. The van der Waals surface area contributed by atoms with Crippen molar-refractivity contribution in [3.05, 3.63) is 0 Å². The summed E-state index contributed by atoms with van der Waals surface area (Å²) in [5, 5.41) is 8.55. The smallest absolute Gasteiger partial charge is 0.292 e. The SMILES string of the molecule is CC(C)N(N=NC(=O)C=O)C(C)C. The van der Waals surface area contributed by atoms with E-state index < -0.39 is 5.91 Å². The van der Waals surface area contributed by atoms with Gasteiger partial charge in [-0.15, -0.1) is 0 Å². The van der Waals surface area contributed by atoms with E-state index in [-0.39, 0.29) is 18.4 Å². The fourth-order valence-corrected chi connectivity index (χ4v) is 0.922. The van der Waals surface area contributed by atoms with Gasteiger partial charge in [0.1, 0.15) is 0 Å². The molecule has 0 aliphatic rings. The molecule has 0 unspecified atom stereocenters. The van der Waals surface area contributed by atoms with Gasteiger partial charge in [-0.2, -0.15) is 0 Å². The Labute approximate surface area is 77.8 Å². The fourth-order valence-electron chi connectivity index (χ4n) is 0.922. The molecular formula is C8H15N3O2. The van der Waals surface area contributed by atoms with Gasteiger partial charge in [0.15, 0.2) is 0 Å². The predicted octanol–water partition coefficient (Wildman–Crippen LogP) is 1.20. The third-order valence-electron chi connectivity index (χ3n) is 1.41. The summed E-state index contributed by atoms with van der Waals surface area (Å²) in [6, 6.07) is 0.311. The summed E-state index contributed by atoms with van der Waals surface area (Å²) >= 11 is 0. The second kappa shape index (κ2) is 5.40. The Hall–Kier alpha value is -1.26. The van der Waals surface area contributed by atoms with E-state index in [0.717, 1.165) is 0 Å². The van der Waals surface area contributed by atoms with Crippen molar-refractivity contribution in [1.29, 1.82) is 0 Å². The van der Waals surface area contributed by atoms with Gasteiger partial charge in [-0.1, -0.05) is 10.3 Å². The number of amides is 1. The Balaban J connectivity index is 4.33. The first-order valence-corrected chi connectivity index (χ1v) is 4.18. The van der Waals surface area contributed by atoms with Crippen molar-refractivity contribution in [2.24, 2.45) is 10.3 Å². The van der Waals surface area contributed by atoms with Crippen LogP contribution >= 0.6 is 0 Å². The maximum atomic E-state index is 10.5. The molecule has 5 nitrogen and oxygen atoms in total. The lowest BCUT2D eigenvalue weighted by Crippen LogP contribution is -2.31. The first-order valence-electron chi connectivity index (χ1n) is 4.18. The van der Waals surface area contributed by atoms with Gasteiger partial charge in [0.25, 0.3) is 0 Å². The van der Waals surface area contributed by atoms with Crippen LogP contribution in [0.15, 0.2) is 10.3 Å². The molecule has 0 aliphatic carbocycles. The predicted molar refractivity (Wildman–Crippen MR) is 48.0 cm³/mol. The monoisotopic (exact) mass is 185 g/mol. The molecule has 1 amide bonds. The highest BCUT2D eigenvalue weighted by Crippen LogP contribution is 2.05. The molecule has 0 heterocycles. The molecule has 0 atom stereocenters. The second-order valence-corrected chi connectivity index (χ2v) is 3.21. The maximum Gasteiger partial charge on any atom is 0.329 e. The number of carbonyl (C=O) groups is 2. The summed E-state index contributed by atoms with van der Waals surface area (Å²) in [4.78, 5) is 20.4. The Morgan fingerprint density at radius 2 is 1.69 bits per heavy atom. The molecule has 0 radical (unpaired) electrons. The van der Waals surface area contributed by atoms with Crippen LogP contribution in [-0.4, -0.2) is 29.3 Å². The zero-order chi connectivity index (χ0) is 10.4. The van der Waals surface area contributed by atoms with Crippen LogP contribution in [0.1, 0.15) is 27.7 Å². The molecule has 0 saturated heterocycles. The van der Waals surface area contributed by atoms with Crippen LogP contribution in [0, 0.1) is 0 Å². The molecule has 0 bridgehead atoms. The van der Waals surface area contributed by atoms with E-state index in [9.17, 15) is 9.59 Å². The van der Waals surface area contributed by atoms with Crippen molar-refractivity contribution in [3.63, 3.8) is 0 Å². The van der Waals surface area contributed by atoms with Crippen molar-refractivity contribution < 1.29 is 9.59 Å². The number of aldehydes is 1. The topological polar surface area (TPSA) is 62.1 Å². The van der Waals surface area contributed by atoms with Crippen LogP contribution in [0.5, 0.6) is 0 Å². The largest absolute Gasteiger partial charge is 0.329 e. The van der Waals surface area contributed by atoms with E-state index in [4.69, 9.17) is 0 Å². The summed E-state index contributed by atoms with van der Waals surface area (Å²) in [5.41, 5.74) is 0. The minimum atomic E-state index is -0.855. The quantitative estimate of drug-likeness (QED) is 0.286. The Morgan fingerprint density at radius 1 is 1.23 bits per heavy atom. The lowest BCUT2D eigenvalue weighted by atomic mass is 10.3. The lowest BCUT2D eigenvalue weighted by Gasteiger charge is -2.25. The molecule has 0 saturated carbocycles. The summed E-state index contributed by atoms with van der Waals surface area (Å²) in [6.45, 7) is 7.74. The van der Waals surface area contributed by atoms with Crippen LogP contribution in [0.25, 0.3) is 0 Å². The molecule has 0 rings (SSSR count). The minimum Gasteiger partial charge on any atom is -0.292 e. The van der Waals surface area contributed by atoms with Gasteiger partial charge in [-0.05, 0) is 27.7 Å². The average Bonchev–Trinajstić information content (AvgIpc) is 2.03. The van der Waals surface area contributed by atoms with Crippen molar-refractivity contribution in [2.75, 3.05) is 0 Å². The molecule has 0 aromatic carbocycles. The summed E-state index contributed by atoms with van der Waals surface area (Å²) in [6.07, 6.45) is 0.141. The Kier molecular flexibility index (Phi) is 4.87. The number of hydrogen-bond acceptors (Lipinski definition) is 3. The molecule has 0 aliphatic heterocycles. The standard InChI is InChI=1S/C8H15N3O2/c1-6(2)11(7(3)4)10-9-8(13)5-12/h5-7H,1-4H3. The minimum absolute atomic E-state index is 0.141. The van der Waals surface area contributed by atoms with Crippen molar-refractivity contribution in [3.8, 4) is 0 Å². The molecule has 5 heteroatoms. The first-order chi connectivity index (χ1) is 5.99. The number of nitrogens with zero attached hydrogens (tertiary/aromatic N) is 3. The molecule has 74 valence electrons. The van der Waals surface area contributed by atoms with Crippen LogP contribution in [0.4, 0.5) is 0 Å². The molecular weight excluding hydrogens is 170 g/mol. The van der Waals surface area contributed by atoms with Gasteiger partial charge in [0, 0.05) is 12.1 Å². The number of rotatable bonds is 4. The van der Waals surface area contributed by atoms with Crippen molar-refractivity contribution in [1.82, 2.24) is 5.01 Å². The van der Waals surface area contributed by atoms with Crippen LogP contribution < -0.4 is 0 Å². The van der Waals surface area contributed by atoms with E-state index >= 15 is 0 Å². The van der Waals surface area contributed by atoms with Gasteiger partial charge in [-0.3, -0.25) is 14.6 Å². The normalized spacial score (nSPS) is 11.2. The molecule has 13 heavy (non-hydrogen) atoms. The van der Waals surface area contributed by atoms with E-state index in [1.165, 1.54) is 0 Å². The van der Waals surface area contributed by atoms with Crippen molar-refractivity contribution in [2.45, 2.75) is 39.8 Å². The Bertz CT molecular complexity index is 203. The summed E-state index contributed by atoms with van der Waals surface area (Å²) in [7, 11) is 0. The van der Waals surface area contributed by atoms with E-state index in [1.54, 1.807) is 5.01 Å². The van der Waals surface area contributed by atoms with Crippen LogP contribution in [-0.2, 0) is 9.59 Å². The Morgan fingerprint density at radius 3 is 2.00 bits per heavy atom. The summed E-state index contributed by atoms with van der Waals surface area (Å²) in [5.74, 6) is -0.855. The maximum absolute atomic E-state index is 10.5. The highest BCUT2D eigenvalue weighted by Gasteiger charge is 2.10. The highest BCUT2D eigenvalue weighted by molar-refractivity contribution is 6.23. The van der Waals surface area contributed by atoms with Gasteiger partial charge in [-0.25, -0.2) is 0 Å². The van der Waals surface area contributed by atoms with Crippen molar-refractivity contribution >= 4 is 12.2 Å². The zero-order valence-electron chi connectivity index (χ0n) is 8.39. The van der Waals surface area contributed by atoms with Gasteiger partial charge < -0.3 is 0 Å². The third kappa shape index (κ3) is 4.35. The number of hydrogen-bond donors (Lipinski definition) is 0. The molecule has 0 aromatic heterocycles. The van der Waals surface area contributed by atoms with Crippen LogP contribution in [0.2, 0.25) is 0 Å². The van der Waals surface area contributed by atoms with Gasteiger partial charge in [0.2, 0.25) is 6.29 Å². The molecule has 0 fully saturated rings. The first kappa shape index (κ1) is 11.7. The number of carbonyl (C=O) groups excluding carboxylic acids is 2. The third-order valence-corrected chi connectivity index (χ3v) is 1.41. The van der Waals surface area contributed by atoms with Crippen LogP contribution in [0.3, 0.4) is 0 Å². The van der Waals surface area contributed by atoms with E-state index in [0.29, 0.717) is 0 Å². The molecule has 0 spiro atoms. The zero-order valence-corrected chi connectivity index (χ0v) is 8.39. The van der Waals surface area contributed by atoms with E-state index in [1.807, 2.05) is 27.7 Å². The second-order valence-electron chi connectivity index (χ2n) is 3.21. The summed E-state index contributed by atoms with van der Waals surface area (Å²) < 4.78 is 0. The molecule has 0 N–H and O–H groups in total. The fraction of sp³-hybridized carbons (Fsp3) is 0.750. The van der Waals surface area contributed by atoms with Gasteiger partial charge >= 0.3 is 5.91 Å². The lowest BCUT2D eigenvalue weighted by molar-refractivity contribution is -0.129. The van der Waals surface area contributed by atoms with Gasteiger partial charge in [0.05, 0.1) is 0 Å². The highest BCUT2D eigenvalue weighted by atomic mass is 16.2. The average molecular weight is 185 g/mol.